The highest BCUT2D eigenvalue weighted by Crippen LogP contribution is 2.27. The molecule has 0 radical (unpaired) electrons. The summed E-state index contributed by atoms with van der Waals surface area (Å²) in [6.45, 7) is 0. The topological polar surface area (TPSA) is 75.6 Å². The molecule has 0 heterocycles. The zero-order valence-corrected chi connectivity index (χ0v) is 14.1. The number of fused-ring (bicyclic) bond motifs is 1. The van der Waals surface area contributed by atoms with Crippen LogP contribution in [0.15, 0.2) is 42.5 Å². The standard InChI is InChI=1S/C20H21NO4/c1-25-17-11-14-6-8-16(10-15(14)12-17)21-20(24)18-5-3-2-4-13(18)7-9-19(22)23/h2-6,8,10,17H,7,9,11-12H2,1H3,(H,21,24)(H,22,23). The molecule has 5 nitrogen and oxygen atoms in total. The van der Waals surface area contributed by atoms with E-state index in [1.54, 1.807) is 25.3 Å². The summed E-state index contributed by atoms with van der Waals surface area (Å²) in [5, 5.41) is 11.8. The van der Waals surface area contributed by atoms with Crippen LogP contribution in [0.25, 0.3) is 0 Å². The summed E-state index contributed by atoms with van der Waals surface area (Å²) in [6, 6.07) is 13.0. The first-order valence-corrected chi connectivity index (χ1v) is 8.32. The number of aliphatic carboxylic acids is 1. The molecular formula is C20H21NO4. The molecule has 1 unspecified atom stereocenters. The van der Waals surface area contributed by atoms with E-state index in [0.717, 1.165) is 24.1 Å². The van der Waals surface area contributed by atoms with Crippen LogP contribution < -0.4 is 5.32 Å². The Hall–Kier alpha value is -2.66. The number of rotatable bonds is 6. The molecule has 2 aromatic carbocycles. The van der Waals surface area contributed by atoms with Crippen molar-refractivity contribution in [2.45, 2.75) is 31.8 Å². The van der Waals surface area contributed by atoms with Gasteiger partial charge in [0.05, 0.1) is 6.10 Å². The van der Waals surface area contributed by atoms with E-state index >= 15 is 0 Å². The van der Waals surface area contributed by atoms with Crippen molar-refractivity contribution in [2.75, 3.05) is 12.4 Å². The number of methoxy groups -OCH3 is 1. The van der Waals surface area contributed by atoms with Gasteiger partial charge in [-0.2, -0.15) is 0 Å². The van der Waals surface area contributed by atoms with Gasteiger partial charge < -0.3 is 15.2 Å². The van der Waals surface area contributed by atoms with Crippen molar-refractivity contribution < 1.29 is 19.4 Å². The Morgan fingerprint density at radius 2 is 1.92 bits per heavy atom. The molecule has 2 N–H and O–H groups in total. The Kier molecular flexibility index (Phi) is 5.14. The summed E-state index contributed by atoms with van der Waals surface area (Å²) in [6.07, 6.45) is 2.29. The van der Waals surface area contributed by atoms with Gasteiger partial charge in [0.1, 0.15) is 0 Å². The number of benzene rings is 2. The van der Waals surface area contributed by atoms with E-state index in [1.165, 1.54) is 11.1 Å². The minimum atomic E-state index is -0.874. The summed E-state index contributed by atoms with van der Waals surface area (Å²) in [7, 11) is 1.72. The molecular weight excluding hydrogens is 318 g/mol. The summed E-state index contributed by atoms with van der Waals surface area (Å²) < 4.78 is 5.41. The van der Waals surface area contributed by atoms with Crippen LogP contribution in [0.2, 0.25) is 0 Å². The number of anilines is 1. The number of hydrogen-bond acceptors (Lipinski definition) is 3. The average molecular weight is 339 g/mol. The summed E-state index contributed by atoms with van der Waals surface area (Å²) >= 11 is 0. The van der Waals surface area contributed by atoms with Gasteiger partial charge >= 0.3 is 5.97 Å². The summed E-state index contributed by atoms with van der Waals surface area (Å²) in [4.78, 5) is 23.4. The molecule has 0 spiro atoms. The van der Waals surface area contributed by atoms with E-state index in [9.17, 15) is 9.59 Å². The highest BCUT2D eigenvalue weighted by atomic mass is 16.5. The van der Waals surface area contributed by atoms with Crippen LogP contribution in [0.1, 0.15) is 33.5 Å². The molecule has 0 fully saturated rings. The maximum Gasteiger partial charge on any atom is 0.303 e. The van der Waals surface area contributed by atoms with Gasteiger partial charge in [-0.3, -0.25) is 9.59 Å². The third-order valence-electron chi connectivity index (χ3n) is 4.56. The number of carboxylic acid groups (broad SMARTS) is 1. The van der Waals surface area contributed by atoms with Crippen molar-refractivity contribution >= 4 is 17.6 Å². The van der Waals surface area contributed by atoms with E-state index in [0.29, 0.717) is 12.0 Å². The molecule has 2 aromatic rings. The number of carbonyl (C=O) groups is 2. The van der Waals surface area contributed by atoms with Crippen molar-refractivity contribution in [1.82, 2.24) is 0 Å². The van der Waals surface area contributed by atoms with Crippen LogP contribution in [-0.4, -0.2) is 30.2 Å². The van der Waals surface area contributed by atoms with Crippen molar-refractivity contribution in [1.29, 1.82) is 0 Å². The highest BCUT2D eigenvalue weighted by molar-refractivity contribution is 6.05. The van der Waals surface area contributed by atoms with Gasteiger partial charge in [-0.15, -0.1) is 0 Å². The Morgan fingerprint density at radius 1 is 1.16 bits per heavy atom. The largest absolute Gasteiger partial charge is 0.481 e. The van der Waals surface area contributed by atoms with Crippen molar-refractivity contribution in [3.8, 4) is 0 Å². The zero-order chi connectivity index (χ0) is 17.8. The first-order valence-electron chi connectivity index (χ1n) is 8.32. The van der Waals surface area contributed by atoms with E-state index in [4.69, 9.17) is 9.84 Å². The van der Waals surface area contributed by atoms with Crippen molar-refractivity contribution in [3.63, 3.8) is 0 Å². The molecule has 0 saturated heterocycles. The predicted octanol–water partition coefficient (Wildman–Crippen LogP) is 3.07. The van der Waals surface area contributed by atoms with Crippen LogP contribution in [0.5, 0.6) is 0 Å². The SMILES string of the molecule is COC1Cc2ccc(NC(=O)c3ccccc3CCC(=O)O)cc2C1. The summed E-state index contributed by atoms with van der Waals surface area (Å²) in [5.74, 6) is -1.09. The number of amides is 1. The maximum atomic E-state index is 12.6. The van der Waals surface area contributed by atoms with E-state index in [-0.39, 0.29) is 18.4 Å². The first-order chi connectivity index (χ1) is 12.1. The molecule has 130 valence electrons. The molecule has 0 aromatic heterocycles. The molecule has 1 aliphatic rings. The third-order valence-corrected chi connectivity index (χ3v) is 4.56. The molecule has 0 aliphatic heterocycles. The Labute approximate surface area is 146 Å². The summed E-state index contributed by atoms with van der Waals surface area (Å²) in [5.41, 5.74) is 4.45. The molecule has 3 rings (SSSR count). The van der Waals surface area contributed by atoms with Gasteiger partial charge in [0.25, 0.3) is 5.91 Å². The van der Waals surface area contributed by atoms with Gasteiger partial charge in [0.2, 0.25) is 0 Å². The van der Waals surface area contributed by atoms with Crippen LogP contribution in [0, 0.1) is 0 Å². The van der Waals surface area contributed by atoms with E-state index < -0.39 is 5.97 Å². The molecule has 0 saturated carbocycles. The lowest BCUT2D eigenvalue weighted by Crippen LogP contribution is -2.15. The second kappa shape index (κ2) is 7.49. The fourth-order valence-electron chi connectivity index (χ4n) is 3.22. The number of carbonyl (C=O) groups excluding carboxylic acids is 1. The lowest BCUT2D eigenvalue weighted by Gasteiger charge is -2.10. The molecule has 5 heteroatoms. The Balaban J connectivity index is 1.74. The van der Waals surface area contributed by atoms with E-state index in [1.807, 2.05) is 24.3 Å². The highest BCUT2D eigenvalue weighted by Gasteiger charge is 2.21. The van der Waals surface area contributed by atoms with Crippen LogP contribution in [0.4, 0.5) is 5.69 Å². The maximum absolute atomic E-state index is 12.6. The van der Waals surface area contributed by atoms with Gasteiger partial charge in [-0.05, 0) is 54.2 Å². The minimum absolute atomic E-state index is 0.00153. The molecule has 1 aliphatic carbocycles. The number of aryl methyl sites for hydroxylation is 1. The lowest BCUT2D eigenvalue weighted by atomic mass is 10.0. The first kappa shape index (κ1) is 17.2. The normalized spacial score (nSPS) is 15.6. The third kappa shape index (κ3) is 4.06. The van der Waals surface area contributed by atoms with Crippen LogP contribution >= 0.6 is 0 Å². The molecule has 0 bridgehead atoms. The van der Waals surface area contributed by atoms with Gasteiger partial charge in [-0.25, -0.2) is 0 Å². The Morgan fingerprint density at radius 3 is 2.68 bits per heavy atom. The lowest BCUT2D eigenvalue weighted by molar-refractivity contribution is -0.136. The number of nitrogens with one attached hydrogen (secondary N) is 1. The van der Waals surface area contributed by atoms with Gasteiger partial charge in [0.15, 0.2) is 0 Å². The second-order valence-corrected chi connectivity index (χ2v) is 6.25. The molecule has 25 heavy (non-hydrogen) atoms. The molecule has 1 atom stereocenters. The molecule has 1 amide bonds. The number of ether oxygens (including phenoxy) is 1. The zero-order valence-electron chi connectivity index (χ0n) is 14.1. The Bertz CT molecular complexity index is 800. The fourth-order valence-corrected chi connectivity index (χ4v) is 3.22. The fraction of sp³-hybridized carbons (Fsp3) is 0.300. The number of carboxylic acids is 1. The van der Waals surface area contributed by atoms with Crippen LogP contribution in [0.3, 0.4) is 0 Å². The van der Waals surface area contributed by atoms with E-state index in [2.05, 4.69) is 5.32 Å². The average Bonchev–Trinajstić information content (AvgIpc) is 3.02. The number of hydrogen-bond donors (Lipinski definition) is 2. The minimum Gasteiger partial charge on any atom is -0.481 e. The van der Waals surface area contributed by atoms with Crippen LogP contribution in [-0.2, 0) is 28.8 Å². The predicted molar refractivity (Wildman–Crippen MR) is 95.0 cm³/mol. The second-order valence-electron chi connectivity index (χ2n) is 6.25. The van der Waals surface area contributed by atoms with Gasteiger partial charge in [-0.1, -0.05) is 24.3 Å². The van der Waals surface area contributed by atoms with Crippen molar-refractivity contribution in [3.05, 3.63) is 64.7 Å². The monoisotopic (exact) mass is 339 g/mol. The smallest absolute Gasteiger partial charge is 0.303 e. The van der Waals surface area contributed by atoms with Gasteiger partial charge in [0, 0.05) is 24.8 Å². The quantitative estimate of drug-likeness (QED) is 0.848. The van der Waals surface area contributed by atoms with Crippen molar-refractivity contribution in [2.24, 2.45) is 0 Å².